The van der Waals surface area contributed by atoms with Crippen molar-refractivity contribution in [2.75, 3.05) is 14.1 Å². The highest BCUT2D eigenvalue weighted by Crippen LogP contribution is 2.33. The van der Waals surface area contributed by atoms with E-state index >= 15 is 0 Å². The van der Waals surface area contributed by atoms with Crippen molar-refractivity contribution in [3.63, 3.8) is 0 Å². The number of hydrogen-bond acceptors (Lipinski definition) is 7. The number of carbonyl (C=O) groups is 4. The Hall–Kier alpha value is -6.86. The van der Waals surface area contributed by atoms with Crippen LogP contribution in [0.1, 0.15) is 63.1 Å². The Balaban J connectivity index is 1.16. The molecule has 2 unspecified atom stereocenters. The van der Waals surface area contributed by atoms with Crippen molar-refractivity contribution in [1.82, 2.24) is 41.0 Å². The van der Waals surface area contributed by atoms with Crippen LogP contribution in [0.5, 0.6) is 0 Å². The second-order valence-corrected chi connectivity index (χ2v) is 18.0. The van der Waals surface area contributed by atoms with Crippen LogP contribution in [0.3, 0.4) is 0 Å². The maximum absolute atomic E-state index is 14.6. The van der Waals surface area contributed by atoms with E-state index in [9.17, 15) is 19.2 Å². The second-order valence-electron chi connectivity index (χ2n) is 18.0. The molecule has 1 fully saturated rings. The van der Waals surface area contributed by atoms with E-state index in [-0.39, 0.29) is 48.8 Å². The second kappa shape index (κ2) is 22.6. The van der Waals surface area contributed by atoms with Gasteiger partial charge in [0.05, 0.1) is 36.6 Å². The number of benzene rings is 4. The lowest BCUT2D eigenvalue weighted by atomic mass is 9.92. The number of aromatic nitrogens is 2. The first-order chi connectivity index (χ1) is 32.4. The van der Waals surface area contributed by atoms with Crippen LogP contribution >= 0.6 is 0 Å². The van der Waals surface area contributed by atoms with Crippen molar-refractivity contribution in [2.45, 2.75) is 103 Å². The molecule has 6 amide bonds. The third-order valence-corrected chi connectivity index (χ3v) is 13.0. The number of fused-ring (bicyclic) bond motifs is 2. The number of epoxide rings is 1. The molecule has 4 aromatic carbocycles. The van der Waals surface area contributed by atoms with Crippen molar-refractivity contribution >= 4 is 45.4 Å². The zero-order valence-corrected chi connectivity index (χ0v) is 39.4. The van der Waals surface area contributed by atoms with Gasteiger partial charge in [-0.25, -0.2) is 9.59 Å². The van der Waals surface area contributed by atoms with Gasteiger partial charge in [-0.15, -0.1) is 0 Å². The van der Waals surface area contributed by atoms with Crippen molar-refractivity contribution in [3.05, 3.63) is 156 Å². The van der Waals surface area contributed by atoms with Gasteiger partial charge >= 0.3 is 12.1 Å². The number of ether oxygens (including phenoxy) is 1. The maximum atomic E-state index is 14.6. The van der Waals surface area contributed by atoms with Crippen LogP contribution in [0.15, 0.2) is 134 Å². The summed E-state index contributed by atoms with van der Waals surface area (Å²) in [5, 5.41) is 17.1. The monoisotopic (exact) mass is 904 g/mol. The SMILES string of the molecule is CCC(C)[C@H](NC(=O)N(C)Cc1ccccn1)C(=O)N[C@@H](Cc1ccc2ccccc2c1)[C@@H]1O[C@@H]1[C@H](Cc1ccc2ccccc2c1)NC(=O)[C@@H](NC(=O)N(C)Cc1ccccn1)C(C)CC. The van der Waals surface area contributed by atoms with Gasteiger partial charge in [-0.2, -0.15) is 0 Å². The standard InChI is InChI=1S/C54H64N8O5/c1-7-35(3)47(59-53(65)61(5)33-43-21-13-15-27-55-43)51(63)57-45(31-37-23-25-39-17-9-11-19-41(39)29-37)49-50(67-49)46(32-38-24-26-40-18-10-12-20-42(40)30-38)58-52(64)48(36(4)8-2)60-54(66)62(6)34-44-22-14-16-28-56-44/h9-30,35-36,45-50H,7-8,31-34H2,1-6H3,(H,57,63)(H,58,64)(H,59,65)(H,60,66)/t35?,36?,45-,46-,47-,48-,49-,50+/m0/s1. The fraction of sp³-hybridized carbons (Fsp3) is 0.370. The number of pyridine rings is 2. The molecule has 13 nitrogen and oxygen atoms in total. The third kappa shape index (κ3) is 12.7. The first-order valence-corrected chi connectivity index (χ1v) is 23.4. The normalized spacial score (nSPS) is 17.0. The Morgan fingerprint density at radius 3 is 1.30 bits per heavy atom. The summed E-state index contributed by atoms with van der Waals surface area (Å²) in [5.41, 5.74) is 3.46. The average molecular weight is 905 g/mol. The summed E-state index contributed by atoms with van der Waals surface area (Å²) in [5.74, 6) is -1.03. The summed E-state index contributed by atoms with van der Waals surface area (Å²) in [6.45, 7) is 8.45. The number of urea groups is 2. The Morgan fingerprint density at radius 1 is 0.537 bits per heavy atom. The van der Waals surface area contributed by atoms with E-state index < -0.39 is 36.4 Å². The highest BCUT2D eigenvalue weighted by atomic mass is 16.6. The molecular formula is C54H64N8O5. The maximum Gasteiger partial charge on any atom is 0.318 e. The highest BCUT2D eigenvalue weighted by Gasteiger charge is 2.51. The summed E-state index contributed by atoms with van der Waals surface area (Å²) < 4.78 is 6.63. The quantitative estimate of drug-likeness (QED) is 0.0569. The first-order valence-electron chi connectivity index (χ1n) is 23.4. The molecular weight excluding hydrogens is 841 g/mol. The number of rotatable bonds is 20. The molecule has 0 saturated carbocycles. The van der Waals surface area contributed by atoms with E-state index in [1.54, 1.807) is 26.5 Å². The van der Waals surface area contributed by atoms with Gasteiger partial charge in [-0.3, -0.25) is 19.6 Å². The number of nitrogens with one attached hydrogen (secondary N) is 4. The number of nitrogens with zero attached hydrogens (tertiary/aromatic N) is 4. The molecule has 13 heteroatoms. The van der Waals surface area contributed by atoms with Gasteiger partial charge < -0.3 is 35.8 Å². The molecule has 1 aliphatic heterocycles. The lowest BCUT2D eigenvalue weighted by Crippen LogP contribution is -2.57. The molecule has 0 aliphatic carbocycles. The van der Waals surface area contributed by atoms with Crippen LogP contribution in [0.2, 0.25) is 0 Å². The highest BCUT2D eigenvalue weighted by molar-refractivity contribution is 5.89. The van der Waals surface area contributed by atoms with Gasteiger partial charge in [-0.05, 0) is 81.6 Å². The summed E-state index contributed by atoms with van der Waals surface area (Å²) in [4.78, 5) is 68.3. The third-order valence-electron chi connectivity index (χ3n) is 13.0. The minimum Gasteiger partial charge on any atom is -0.365 e. The molecule has 0 radical (unpaired) electrons. The van der Waals surface area contributed by atoms with Crippen LogP contribution in [0.4, 0.5) is 9.59 Å². The Kier molecular flexibility index (Phi) is 16.2. The lowest BCUT2D eigenvalue weighted by molar-refractivity contribution is -0.125. The van der Waals surface area contributed by atoms with E-state index in [1.807, 2.05) is 88.4 Å². The summed E-state index contributed by atoms with van der Waals surface area (Å²) in [7, 11) is 3.37. The fourth-order valence-corrected chi connectivity index (χ4v) is 8.57. The molecule has 1 aliphatic rings. The number of amides is 6. The van der Waals surface area contributed by atoms with Crippen LogP contribution in [-0.2, 0) is 40.3 Å². The minimum absolute atomic E-state index is 0.194. The summed E-state index contributed by atoms with van der Waals surface area (Å²) in [6.07, 6.45) is 4.53. The van der Waals surface area contributed by atoms with Crippen molar-refractivity contribution < 1.29 is 23.9 Å². The molecule has 67 heavy (non-hydrogen) atoms. The van der Waals surface area contributed by atoms with Crippen LogP contribution in [-0.4, -0.2) is 94.1 Å². The van der Waals surface area contributed by atoms with Gasteiger partial charge in [0.2, 0.25) is 11.8 Å². The Labute approximate surface area is 394 Å². The largest absolute Gasteiger partial charge is 0.365 e. The zero-order chi connectivity index (χ0) is 47.5. The van der Waals surface area contributed by atoms with Gasteiger partial charge in [0.15, 0.2) is 0 Å². The van der Waals surface area contributed by atoms with E-state index in [0.717, 1.165) is 44.1 Å². The minimum atomic E-state index is -0.844. The topological polar surface area (TPSA) is 161 Å². The van der Waals surface area contributed by atoms with Crippen molar-refractivity contribution in [3.8, 4) is 0 Å². The lowest BCUT2D eigenvalue weighted by Gasteiger charge is -2.29. The molecule has 0 bridgehead atoms. The van der Waals surface area contributed by atoms with E-state index in [2.05, 4.69) is 91.9 Å². The van der Waals surface area contributed by atoms with Crippen LogP contribution in [0.25, 0.3) is 21.5 Å². The zero-order valence-electron chi connectivity index (χ0n) is 39.4. The predicted octanol–water partition coefficient (Wildman–Crippen LogP) is 7.82. The molecule has 3 heterocycles. The predicted molar refractivity (Wildman–Crippen MR) is 263 cm³/mol. The average Bonchev–Trinajstić information content (AvgIpc) is 4.15. The molecule has 2 aromatic heterocycles. The first kappa shape index (κ1) is 48.1. The van der Waals surface area contributed by atoms with Crippen molar-refractivity contribution in [1.29, 1.82) is 0 Å². The molecule has 4 N–H and O–H groups in total. The smallest absolute Gasteiger partial charge is 0.318 e. The summed E-state index contributed by atoms with van der Waals surface area (Å²) in [6, 6.07) is 36.4. The number of carbonyl (C=O) groups excluding carboxylic acids is 4. The molecule has 1 saturated heterocycles. The van der Waals surface area contributed by atoms with Gasteiger partial charge in [0, 0.05) is 26.5 Å². The molecule has 8 atom stereocenters. The van der Waals surface area contributed by atoms with E-state index in [1.165, 1.54) is 9.80 Å². The number of hydrogen-bond donors (Lipinski definition) is 4. The Morgan fingerprint density at radius 2 is 0.925 bits per heavy atom. The Bertz CT molecular complexity index is 2440. The van der Waals surface area contributed by atoms with Crippen molar-refractivity contribution in [2.24, 2.45) is 11.8 Å². The van der Waals surface area contributed by atoms with Crippen LogP contribution in [0, 0.1) is 11.8 Å². The fourth-order valence-electron chi connectivity index (χ4n) is 8.57. The van der Waals surface area contributed by atoms with Crippen LogP contribution < -0.4 is 21.3 Å². The molecule has 350 valence electrons. The molecule has 0 spiro atoms. The van der Waals surface area contributed by atoms with Gasteiger partial charge in [-0.1, -0.05) is 138 Å². The van der Waals surface area contributed by atoms with Gasteiger partial charge in [0.25, 0.3) is 0 Å². The molecule has 7 rings (SSSR count). The van der Waals surface area contributed by atoms with E-state index in [4.69, 9.17) is 4.74 Å². The summed E-state index contributed by atoms with van der Waals surface area (Å²) >= 11 is 0. The van der Waals surface area contributed by atoms with E-state index in [0.29, 0.717) is 25.7 Å². The molecule has 6 aromatic rings. The van der Waals surface area contributed by atoms with Gasteiger partial charge in [0.1, 0.15) is 24.3 Å².